The highest BCUT2D eigenvalue weighted by atomic mass is 32.2. The Bertz CT molecular complexity index is 528. The van der Waals surface area contributed by atoms with Crippen LogP contribution in [-0.4, -0.2) is 21.2 Å². The van der Waals surface area contributed by atoms with E-state index in [-0.39, 0.29) is 11.7 Å². The number of thioether (sulfide) groups is 1. The van der Waals surface area contributed by atoms with E-state index in [9.17, 15) is 4.79 Å². The topological polar surface area (TPSA) is 56.2 Å². The van der Waals surface area contributed by atoms with Gasteiger partial charge >= 0.3 is 0 Å². The minimum absolute atomic E-state index is 0.177. The van der Waals surface area contributed by atoms with Crippen LogP contribution in [0.15, 0.2) is 47.9 Å². The fourth-order valence-electron chi connectivity index (χ4n) is 1.42. The molecule has 6 heteroatoms. The standard InChI is InChI=1S/C13H15N3O2S/c1-16-8-7-14-13(16)19-10-12(17)15-18-9-11-5-3-2-4-6-11/h2-8H,9-10H2,1H3,(H,15,17). The van der Waals surface area contributed by atoms with E-state index in [1.165, 1.54) is 11.8 Å². The molecule has 0 aliphatic carbocycles. The lowest BCUT2D eigenvalue weighted by Gasteiger charge is -2.05. The van der Waals surface area contributed by atoms with E-state index < -0.39 is 0 Å². The van der Waals surface area contributed by atoms with Crippen LogP contribution in [0.1, 0.15) is 5.56 Å². The van der Waals surface area contributed by atoms with Gasteiger partial charge in [0, 0.05) is 19.4 Å². The molecule has 0 spiro atoms. The van der Waals surface area contributed by atoms with Crippen molar-refractivity contribution in [1.82, 2.24) is 15.0 Å². The van der Waals surface area contributed by atoms with Crippen LogP contribution in [-0.2, 0) is 23.3 Å². The quantitative estimate of drug-likeness (QED) is 0.646. The summed E-state index contributed by atoms with van der Waals surface area (Å²) in [5.74, 6) is 0.101. The van der Waals surface area contributed by atoms with Crippen molar-refractivity contribution in [3.8, 4) is 0 Å². The third kappa shape index (κ3) is 4.42. The van der Waals surface area contributed by atoms with Crippen LogP contribution in [0.3, 0.4) is 0 Å². The van der Waals surface area contributed by atoms with E-state index in [1.54, 1.807) is 6.20 Å². The van der Waals surface area contributed by atoms with Crippen molar-refractivity contribution in [3.05, 3.63) is 48.3 Å². The lowest BCUT2D eigenvalue weighted by Crippen LogP contribution is -2.25. The van der Waals surface area contributed by atoms with Gasteiger partial charge in [0.1, 0.15) is 0 Å². The number of nitrogens with one attached hydrogen (secondary N) is 1. The molecular weight excluding hydrogens is 262 g/mol. The smallest absolute Gasteiger partial charge is 0.254 e. The van der Waals surface area contributed by atoms with Crippen LogP contribution in [0.2, 0.25) is 0 Å². The number of rotatable bonds is 6. The Morgan fingerprint density at radius 2 is 2.21 bits per heavy atom. The number of hydrogen-bond donors (Lipinski definition) is 1. The Morgan fingerprint density at radius 3 is 2.89 bits per heavy atom. The van der Waals surface area contributed by atoms with E-state index >= 15 is 0 Å². The summed E-state index contributed by atoms with van der Waals surface area (Å²) in [6.07, 6.45) is 3.54. The Kier molecular flexibility index (Phi) is 5.00. The number of aryl methyl sites for hydroxylation is 1. The van der Waals surface area contributed by atoms with Crippen molar-refractivity contribution in [1.29, 1.82) is 0 Å². The molecule has 2 rings (SSSR count). The number of hydroxylamine groups is 1. The molecule has 1 amide bonds. The number of aromatic nitrogens is 2. The van der Waals surface area contributed by atoms with Gasteiger partial charge in [0.25, 0.3) is 5.91 Å². The zero-order valence-electron chi connectivity index (χ0n) is 10.6. The van der Waals surface area contributed by atoms with Crippen molar-refractivity contribution in [2.75, 3.05) is 5.75 Å². The lowest BCUT2D eigenvalue weighted by atomic mass is 10.2. The summed E-state index contributed by atoms with van der Waals surface area (Å²) in [6, 6.07) is 9.67. The van der Waals surface area contributed by atoms with E-state index in [4.69, 9.17) is 4.84 Å². The molecular formula is C13H15N3O2S. The molecule has 0 aliphatic rings. The highest BCUT2D eigenvalue weighted by Gasteiger charge is 2.05. The molecule has 0 saturated heterocycles. The number of hydrogen-bond acceptors (Lipinski definition) is 4. The molecule has 0 aliphatic heterocycles. The molecule has 1 N–H and O–H groups in total. The van der Waals surface area contributed by atoms with E-state index in [1.807, 2.05) is 48.1 Å². The second-order valence-corrected chi connectivity index (χ2v) is 4.85. The third-order valence-electron chi connectivity index (χ3n) is 2.38. The van der Waals surface area contributed by atoms with Gasteiger partial charge in [0.15, 0.2) is 5.16 Å². The first-order chi connectivity index (χ1) is 9.25. The molecule has 0 bridgehead atoms. The molecule has 0 atom stereocenters. The molecule has 0 unspecified atom stereocenters. The van der Waals surface area contributed by atoms with Crippen LogP contribution in [0.5, 0.6) is 0 Å². The fraction of sp³-hybridized carbons (Fsp3) is 0.231. The molecule has 1 aromatic carbocycles. The molecule has 1 heterocycles. The Hall–Kier alpha value is -1.79. The molecule has 0 radical (unpaired) electrons. The van der Waals surface area contributed by atoms with Gasteiger partial charge in [-0.2, -0.15) is 0 Å². The van der Waals surface area contributed by atoms with Crippen molar-refractivity contribution in [2.24, 2.45) is 7.05 Å². The monoisotopic (exact) mass is 277 g/mol. The average molecular weight is 277 g/mol. The summed E-state index contributed by atoms with van der Waals surface area (Å²) >= 11 is 1.37. The zero-order valence-corrected chi connectivity index (χ0v) is 11.4. The SMILES string of the molecule is Cn1ccnc1SCC(=O)NOCc1ccccc1. The summed E-state index contributed by atoms with van der Waals surface area (Å²) < 4.78 is 1.86. The van der Waals surface area contributed by atoms with Crippen LogP contribution < -0.4 is 5.48 Å². The van der Waals surface area contributed by atoms with Gasteiger partial charge in [-0.25, -0.2) is 10.5 Å². The molecule has 1 aromatic heterocycles. The normalized spacial score (nSPS) is 10.4. The lowest BCUT2D eigenvalue weighted by molar-refractivity contribution is -0.131. The van der Waals surface area contributed by atoms with Gasteiger partial charge in [-0.05, 0) is 5.56 Å². The number of benzene rings is 1. The molecule has 2 aromatic rings. The first-order valence-corrected chi connectivity index (χ1v) is 6.79. The van der Waals surface area contributed by atoms with Crippen molar-refractivity contribution in [3.63, 3.8) is 0 Å². The van der Waals surface area contributed by atoms with Crippen LogP contribution in [0, 0.1) is 0 Å². The minimum atomic E-state index is -0.177. The molecule has 0 saturated carbocycles. The second kappa shape index (κ2) is 6.96. The summed E-state index contributed by atoms with van der Waals surface area (Å²) in [5.41, 5.74) is 3.43. The Balaban J connectivity index is 1.66. The van der Waals surface area contributed by atoms with Crippen LogP contribution >= 0.6 is 11.8 Å². The van der Waals surface area contributed by atoms with Crippen molar-refractivity contribution in [2.45, 2.75) is 11.8 Å². The number of nitrogens with zero attached hydrogens (tertiary/aromatic N) is 2. The number of carbonyl (C=O) groups excluding carboxylic acids is 1. The van der Waals surface area contributed by atoms with E-state index in [0.29, 0.717) is 6.61 Å². The number of amides is 1. The van der Waals surface area contributed by atoms with Gasteiger partial charge in [-0.1, -0.05) is 42.1 Å². The molecule has 19 heavy (non-hydrogen) atoms. The van der Waals surface area contributed by atoms with Crippen molar-refractivity contribution < 1.29 is 9.63 Å². The predicted molar refractivity (Wildman–Crippen MR) is 73.3 cm³/mol. The van der Waals surface area contributed by atoms with E-state index in [2.05, 4.69) is 10.5 Å². The molecule has 100 valence electrons. The summed E-state index contributed by atoms with van der Waals surface area (Å²) in [7, 11) is 1.89. The van der Waals surface area contributed by atoms with Gasteiger partial charge in [0.05, 0.1) is 12.4 Å². The van der Waals surface area contributed by atoms with Gasteiger partial charge < -0.3 is 4.57 Å². The predicted octanol–water partition coefficient (Wildman–Crippen LogP) is 1.76. The fourth-order valence-corrected chi connectivity index (χ4v) is 2.14. The van der Waals surface area contributed by atoms with Gasteiger partial charge in [-0.15, -0.1) is 0 Å². The molecule has 5 nitrogen and oxygen atoms in total. The third-order valence-corrected chi connectivity index (χ3v) is 3.44. The zero-order chi connectivity index (χ0) is 13.5. The highest BCUT2D eigenvalue weighted by Crippen LogP contribution is 2.13. The Labute approximate surface area is 115 Å². The molecule has 0 fully saturated rings. The van der Waals surface area contributed by atoms with Crippen molar-refractivity contribution >= 4 is 17.7 Å². The first-order valence-electron chi connectivity index (χ1n) is 5.80. The first kappa shape index (κ1) is 13.6. The van der Waals surface area contributed by atoms with Gasteiger partial charge in [0.2, 0.25) is 0 Å². The largest absolute Gasteiger partial charge is 0.329 e. The Morgan fingerprint density at radius 1 is 1.42 bits per heavy atom. The maximum atomic E-state index is 11.5. The summed E-state index contributed by atoms with van der Waals surface area (Å²) in [5, 5.41) is 0.804. The summed E-state index contributed by atoms with van der Waals surface area (Å²) in [4.78, 5) is 20.8. The van der Waals surface area contributed by atoms with Gasteiger partial charge in [-0.3, -0.25) is 9.63 Å². The summed E-state index contributed by atoms with van der Waals surface area (Å²) in [6.45, 7) is 0.361. The van der Waals surface area contributed by atoms with Crippen LogP contribution in [0.25, 0.3) is 0 Å². The maximum Gasteiger partial charge on any atom is 0.254 e. The number of imidazole rings is 1. The highest BCUT2D eigenvalue weighted by molar-refractivity contribution is 7.99. The van der Waals surface area contributed by atoms with E-state index in [0.717, 1.165) is 10.7 Å². The number of carbonyl (C=O) groups is 1. The second-order valence-electron chi connectivity index (χ2n) is 3.91. The average Bonchev–Trinajstić information content (AvgIpc) is 2.83. The maximum absolute atomic E-state index is 11.5. The van der Waals surface area contributed by atoms with Crippen LogP contribution in [0.4, 0.5) is 0 Å². The minimum Gasteiger partial charge on any atom is -0.329 e.